The van der Waals surface area contributed by atoms with E-state index < -0.39 is 0 Å². The summed E-state index contributed by atoms with van der Waals surface area (Å²) < 4.78 is 10.9. The summed E-state index contributed by atoms with van der Waals surface area (Å²) in [5.41, 5.74) is 2.50. The van der Waals surface area contributed by atoms with Gasteiger partial charge in [-0.25, -0.2) is 0 Å². The van der Waals surface area contributed by atoms with Gasteiger partial charge in [0.25, 0.3) is 0 Å². The quantitative estimate of drug-likeness (QED) is 0.833. The Morgan fingerprint density at radius 3 is 2.52 bits per heavy atom. The van der Waals surface area contributed by atoms with Crippen molar-refractivity contribution in [1.29, 1.82) is 0 Å². The maximum absolute atomic E-state index is 13.5. The lowest BCUT2D eigenvalue weighted by atomic mass is 9.42. The zero-order valence-electron chi connectivity index (χ0n) is 16.7. The number of nitrogens with one attached hydrogen (secondary N) is 1. The zero-order valence-corrected chi connectivity index (χ0v) is 16.7. The molecule has 5 aliphatic rings. The average Bonchev–Trinajstić information content (AvgIpc) is 3.19. The molecule has 4 bridgehead atoms. The Bertz CT molecular complexity index is 940. The number of carbonyl (C=O) groups excluding carboxylic acids is 1. The van der Waals surface area contributed by atoms with Crippen LogP contribution in [-0.2, 0) is 16.8 Å². The number of benzene rings is 2. The molecule has 29 heavy (non-hydrogen) atoms. The molecule has 4 fully saturated rings. The molecule has 0 spiro atoms. The van der Waals surface area contributed by atoms with E-state index in [4.69, 9.17) is 9.47 Å². The summed E-state index contributed by atoms with van der Waals surface area (Å²) in [7, 11) is 0. The van der Waals surface area contributed by atoms with E-state index in [2.05, 4.69) is 35.6 Å². The molecule has 1 amide bonds. The largest absolute Gasteiger partial charge is 0.454 e. The fourth-order valence-electron chi connectivity index (χ4n) is 7.08. The monoisotopic (exact) mass is 389 g/mol. The Hall–Kier alpha value is -2.49. The van der Waals surface area contributed by atoms with E-state index in [1.807, 2.05) is 18.2 Å². The predicted molar refractivity (Wildman–Crippen MR) is 110 cm³/mol. The number of carbonyl (C=O) groups is 1. The molecule has 0 radical (unpaired) electrons. The Labute approximate surface area is 171 Å². The number of fused-ring (bicyclic) bond motifs is 1. The van der Waals surface area contributed by atoms with Crippen LogP contribution in [0.1, 0.15) is 49.7 Å². The van der Waals surface area contributed by atoms with Crippen molar-refractivity contribution >= 4 is 5.91 Å². The highest BCUT2D eigenvalue weighted by Gasteiger charge is 2.60. The molecule has 2 unspecified atom stereocenters. The van der Waals surface area contributed by atoms with Crippen molar-refractivity contribution in [2.24, 2.45) is 17.3 Å². The van der Waals surface area contributed by atoms with Crippen molar-refractivity contribution in [2.75, 3.05) is 6.79 Å². The summed E-state index contributed by atoms with van der Waals surface area (Å²) in [5, 5.41) is 3.28. The van der Waals surface area contributed by atoms with Crippen LogP contribution in [0, 0.1) is 17.3 Å². The molecule has 1 heterocycles. The van der Waals surface area contributed by atoms with Gasteiger partial charge in [-0.15, -0.1) is 0 Å². The zero-order chi connectivity index (χ0) is 19.5. The molecule has 4 aliphatic carbocycles. The highest BCUT2D eigenvalue weighted by molar-refractivity contribution is 5.83. The second kappa shape index (κ2) is 6.25. The van der Waals surface area contributed by atoms with Gasteiger partial charge in [0.05, 0.1) is 5.41 Å². The molecule has 4 nitrogen and oxygen atoms in total. The molecule has 2 aromatic rings. The maximum Gasteiger partial charge on any atom is 0.231 e. The molecule has 150 valence electrons. The summed E-state index contributed by atoms with van der Waals surface area (Å²) in [6.07, 6.45) is 6.95. The summed E-state index contributed by atoms with van der Waals surface area (Å²) in [4.78, 5) is 13.5. The maximum atomic E-state index is 13.5. The van der Waals surface area contributed by atoms with E-state index in [0.717, 1.165) is 36.3 Å². The highest BCUT2D eigenvalue weighted by Crippen LogP contribution is 2.65. The fraction of sp³-hybridized carbons (Fsp3) is 0.480. The first-order valence-corrected chi connectivity index (χ1v) is 10.9. The first-order valence-electron chi connectivity index (χ1n) is 10.9. The predicted octanol–water partition coefficient (Wildman–Crippen LogP) is 4.57. The van der Waals surface area contributed by atoms with Gasteiger partial charge in [-0.05, 0) is 79.0 Å². The minimum absolute atomic E-state index is 0.196. The second-order valence-electron chi connectivity index (χ2n) is 9.76. The molecule has 4 saturated carbocycles. The Balaban J connectivity index is 1.24. The molecule has 0 saturated heterocycles. The van der Waals surface area contributed by atoms with Gasteiger partial charge in [-0.2, -0.15) is 0 Å². The summed E-state index contributed by atoms with van der Waals surface area (Å²) >= 11 is 0. The molecule has 2 aromatic carbocycles. The van der Waals surface area contributed by atoms with Crippen LogP contribution < -0.4 is 14.8 Å². The SMILES string of the molecule is O=C(NCc1ccc2c(c1)OCO2)C12C[C@H]3C[C@@H](C1)CC(c1ccccc1)(C3)C2. The lowest BCUT2D eigenvalue weighted by molar-refractivity contribution is -0.149. The van der Waals surface area contributed by atoms with Crippen molar-refractivity contribution in [2.45, 2.75) is 50.5 Å². The Morgan fingerprint density at radius 1 is 0.966 bits per heavy atom. The summed E-state index contributed by atoms with van der Waals surface area (Å²) in [6.45, 7) is 0.823. The van der Waals surface area contributed by atoms with Gasteiger partial charge < -0.3 is 14.8 Å². The van der Waals surface area contributed by atoms with E-state index in [0.29, 0.717) is 18.4 Å². The smallest absolute Gasteiger partial charge is 0.231 e. The van der Waals surface area contributed by atoms with Crippen molar-refractivity contribution in [3.8, 4) is 11.5 Å². The summed E-state index contributed by atoms with van der Waals surface area (Å²) in [6, 6.07) is 16.9. The standard InChI is InChI=1S/C25H27NO3/c27-23(26-14-17-6-7-21-22(9-17)29-16-28-21)25-12-18-8-19(13-25)11-24(10-18,15-25)20-4-2-1-3-5-20/h1-7,9,18-19H,8,10-16H2,(H,26,27)/t18-,19+,24?,25?. The van der Waals surface area contributed by atoms with Gasteiger partial charge in [0, 0.05) is 6.54 Å². The molecule has 0 aromatic heterocycles. The number of amides is 1. The molecular formula is C25H27NO3. The third kappa shape index (κ3) is 2.76. The van der Waals surface area contributed by atoms with E-state index in [9.17, 15) is 4.79 Å². The number of ether oxygens (including phenoxy) is 2. The minimum Gasteiger partial charge on any atom is -0.454 e. The van der Waals surface area contributed by atoms with Gasteiger partial charge in [-0.1, -0.05) is 36.4 Å². The topological polar surface area (TPSA) is 47.6 Å². The van der Waals surface area contributed by atoms with Gasteiger partial charge in [0.1, 0.15) is 0 Å². The van der Waals surface area contributed by atoms with Crippen LogP contribution >= 0.6 is 0 Å². The van der Waals surface area contributed by atoms with Gasteiger partial charge >= 0.3 is 0 Å². The summed E-state index contributed by atoms with van der Waals surface area (Å²) in [5.74, 6) is 3.19. The third-order valence-corrected chi connectivity index (χ3v) is 7.82. The fourth-order valence-corrected chi connectivity index (χ4v) is 7.08. The van der Waals surface area contributed by atoms with E-state index in [1.54, 1.807) is 0 Å². The van der Waals surface area contributed by atoms with Crippen LogP contribution in [0.15, 0.2) is 48.5 Å². The van der Waals surface area contributed by atoms with Crippen LogP contribution in [0.5, 0.6) is 11.5 Å². The Morgan fingerprint density at radius 2 is 1.72 bits per heavy atom. The van der Waals surface area contributed by atoms with Gasteiger partial charge in [0.15, 0.2) is 11.5 Å². The normalized spacial score (nSPS) is 33.7. The Kier molecular flexibility index (Phi) is 3.75. The minimum atomic E-state index is -0.198. The molecular weight excluding hydrogens is 362 g/mol. The van der Waals surface area contributed by atoms with Crippen LogP contribution in [0.3, 0.4) is 0 Å². The number of rotatable bonds is 4. The van der Waals surface area contributed by atoms with Crippen LogP contribution in [0.25, 0.3) is 0 Å². The first-order chi connectivity index (χ1) is 14.1. The van der Waals surface area contributed by atoms with Gasteiger partial charge in [-0.3, -0.25) is 4.79 Å². The molecule has 4 atom stereocenters. The van der Waals surface area contributed by atoms with E-state index in [1.165, 1.54) is 24.8 Å². The lowest BCUT2D eigenvalue weighted by Gasteiger charge is -2.61. The second-order valence-corrected chi connectivity index (χ2v) is 9.76. The van der Waals surface area contributed by atoms with Crippen LogP contribution in [-0.4, -0.2) is 12.7 Å². The van der Waals surface area contributed by atoms with Crippen LogP contribution in [0.2, 0.25) is 0 Å². The molecule has 1 aliphatic heterocycles. The van der Waals surface area contributed by atoms with E-state index in [-0.39, 0.29) is 23.5 Å². The van der Waals surface area contributed by atoms with E-state index >= 15 is 0 Å². The van der Waals surface area contributed by atoms with Crippen LogP contribution in [0.4, 0.5) is 0 Å². The van der Waals surface area contributed by atoms with Crippen molar-refractivity contribution in [3.63, 3.8) is 0 Å². The van der Waals surface area contributed by atoms with Gasteiger partial charge in [0.2, 0.25) is 12.7 Å². The van der Waals surface area contributed by atoms with Crippen molar-refractivity contribution < 1.29 is 14.3 Å². The molecule has 7 rings (SSSR count). The molecule has 1 N–H and O–H groups in total. The average molecular weight is 389 g/mol. The number of hydrogen-bond donors (Lipinski definition) is 1. The third-order valence-electron chi connectivity index (χ3n) is 7.82. The molecule has 4 heteroatoms. The lowest BCUT2D eigenvalue weighted by Crippen LogP contribution is -2.59. The van der Waals surface area contributed by atoms with Crippen molar-refractivity contribution in [3.05, 3.63) is 59.7 Å². The van der Waals surface area contributed by atoms with Crippen molar-refractivity contribution in [1.82, 2.24) is 5.32 Å². The highest BCUT2D eigenvalue weighted by atomic mass is 16.7. The number of hydrogen-bond acceptors (Lipinski definition) is 3. The first kappa shape index (κ1) is 17.4.